The Morgan fingerprint density at radius 3 is 2.21 bits per heavy atom. The van der Waals surface area contributed by atoms with Gasteiger partial charge in [0.1, 0.15) is 11.5 Å². The first-order valence-corrected chi connectivity index (χ1v) is 10.9. The first kappa shape index (κ1) is 22.7. The SMILES string of the molecule is CCN(CC)S(=O)(=O)c1ccc(CCC(=O)Nc2ccc(OC)cc2OC)cc1. The number of benzene rings is 2. The second-order valence-electron chi connectivity index (χ2n) is 6.35. The predicted molar refractivity (Wildman–Crippen MR) is 113 cm³/mol. The van der Waals surface area contributed by atoms with Gasteiger partial charge in [0, 0.05) is 25.6 Å². The van der Waals surface area contributed by atoms with E-state index in [0.29, 0.717) is 36.7 Å². The lowest BCUT2D eigenvalue weighted by atomic mass is 10.1. The number of anilines is 1. The Hall–Kier alpha value is -2.58. The van der Waals surface area contributed by atoms with E-state index in [0.717, 1.165) is 5.56 Å². The average molecular weight is 421 g/mol. The fourth-order valence-corrected chi connectivity index (χ4v) is 4.37. The number of sulfonamides is 1. The molecule has 0 heterocycles. The van der Waals surface area contributed by atoms with Crippen LogP contribution in [0.25, 0.3) is 0 Å². The molecule has 0 atom stereocenters. The molecule has 0 saturated carbocycles. The van der Waals surface area contributed by atoms with Crippen molar-refractivity contribution in [1.82, 2.24) is 4.31 Å². The molecule has 2 aromatic carbocycles. The van der Waals surface area contributed by atoms with Crippen molar-refractivity contribution >= 4 is 21.6 Å². The highest BCUT2D eigenvalue weighted by Gasteiger charge is 2.21. The van der Waals surface area contributed by atoms with Crippen molar-refractivity contribution in [2.45, 2.75) is 31.6 Å². The molecular weight excluding hydrogens is 392 g/mol. The van der Waals surface area contributed by atoms with Gasteiger partial charge in [-0.3, -0.25) is 4.79 Å². The van der Waals surface area contributed by atoms with Gasteiger partial charge < -0.3 is 14.8 Å². The number of nitrogens with zero attached hydrogens (tertiary/aromatic N) is 1. The maximum atomic E-state index is 12.5. The summed E-state index contributed by atoms with van der Waals surface area (Å²) in [7, 11) is -0.386. The summed E-state index contributed by atoms with van der Waals surface area (Å²) < 4.78 is 36.9. The standard InChI is InChI=1S/C21H28N2O5S/c1-5-23(6-2)29(25,26)18-11-7-16(8-12-18)9-14-21(24)22-19-13-10-17(27-3)15-20(19)28-4/h7-8,10-13,15H,5-6,9,14H2,1-4H3,(H,22,24). The zero-order chi connectivity index (χ0) is 21.4. The minimum absolute atomic E-state index is 0.159. The lowest BCUT2D eigenvalue weighted by Crippen LogP contribution is -2.30. The maximum absolute atomic E-state index is 12.5. The van der Waals surface area contributed by atoms with Crippen LogP contribution in [0.2, 0.25) is 0 Å². The highest BCUT2D eigenvalue weighted by Crippen LogP contribution is 2.29. The lowest BCUT2D eigenvalue weighted by molar-refractivity contribution is -0.116. The Morgan fingerprint density at radius 2 is 1.66 bits per heavy atom. The fraction of sp³-hybridized carbons (Fsp3) is 0.381. The van der Waals surface area contributed by atoms with Crippen LogP contribution in [-0.4, -0.2) is 45.9 Å². The third-order valence-corrected chi connectivity index (χ3v) is 6.65. The number of nitrogens with one attached hydrogen (secondary N) is 1. The van der Waals surface area contributed by atoms with Crippen molar-refractivity contribution in [3.8, 4) is 11.5 Å². The van der Waals surface area contributed by atoms with Gasteiger partial charge in [0.25, 0.3) is 0 Å². The van der Waals surface area contributed by atoms with Crippen LogP contribution < -0.4 is 14.8 Å². The van der Waals surface area contributed by atoms with Gasteiger partial charge in [-0.1, -0.05) is 26.0 Å². The monoisotopic (exact) mass is 420 g/mol. The van der Waals surface area contributed by atoms with Crippen molar-refractivity contribution < 1.29 is 22.7 Å². The van der Waals surface area contributed by atoms with Gasteiger partial charge in [-0.25, -0.2) is 8.42 Å². The molecule has 8 heteroatoms. The van der Waals surface area contributed by atoms with Gasteiger partial charge in [-0.05, 0) is 36.2 Å². The average Bonchev–Trinajstić information content (AvgIpc) is 2.73. The van der Waals surface area contributed by atoms with Crippen LogP contribution in [0.5, 0.6) is 11.5 Å². The summed E-state index contributed by atoms with van der Waals surface area (Å²) in [6.45, 7) is 4.48. The molecule has 0 spiro atoms. The van der Waals surface area contributed by atoms with Crippen LogP contribution in [0.4, 0.5) is 5.69 Å². The second kappa shape index (κ2) is 10.3. The topological polar surface area (TPSA) is 84.9 Å². The van der Waals surface area contributed by atoms with Crippen molar-refractivity contribution in [3.05, 3.63) is 48.0 Å². The molecule has 2 rings (SSSR count). The predicted octanol–water partition coefficient (Wildman–Crippen LogP) is 3.31. The van der Waals surface area contributed by atoms with E-state index in [1.165, 1.54) is 11.4 Å². The maximum Gasteiger partial charge on any atom is 0.243 e. The Bertz CT molecular complexity index is 923. The molecule has 0 fully saturated rings. The highest BCUT2D eigenvalue weighted by molar-refractivity contribution is 7.89. The van der Waals surface area contributed by atoms with Gasteiger partial charge >= 0.3 is 0 Å². The summed E-state index contributed by atoms with van der Waals surface area (Å²) in [5.41, 5.74) is 1.46. The summed E-state index contributed by atoms with van der Waals surface area (Å²) in [5, 5.41) is 2.83. The molecule has 0 bridgehead atoms. The number of methoxy groups -OCH3 is 2. The van der Waals surface area contributed by atoms with Gasteiger partial charge in [-0.2, -0.15) is 4.31 Å². The number of carbonyl (C=O) groups excluding carboxylic acids is 1. The molecule has 0 aliphatic heterocycles. The third kappa shape index (κ3) is 5.71. The van der Waals surface area contributed by atoms with Crippen molar-refractivity contribution in [3.63, 3.8) is 0 Å². The molecule has 2 aromatic rings. The minimum Gasteiger partial charge on any atom is -0.497 e. The number of carbonyl (C=O) groups is 1. The van der Waals surface area contributed by atoms with E-state index < -0.39 is 10.0 Å². The van der Waals surface area contributed by atoms with Crippen LogP contribution in [0.3, 0.4) is 0 Å². The molecule has 29 heavy (non-hydrogen) atoms. The number of ether oxygens (including phenoxy) is 2. The van der Waals surface area contributed by atoms with Crippen molar-refractivity contribution in [2.24, 2.45) is 0 Å². The lowest BCUT2D eigenvalue weighted by Gasteiger charge is -2.18. The summed E-state index contributed by atoms with van der Waals surface area (Å²) in [5.74, 6) is 0.997. The summed E-state index contributed by atoms with van der Waals surface area (Å²) >= 11 is 0. The van der Waals surface area contributed by atoms with Gasteiger partial charge in [0.2, 0.25) is 15.9 Å². The summed E-state index contributed by atoms with van der Waals surface area (Å²) in [6, 6.07) is 11.8. The first-order chi connectivity index (χ1) is 13.8. The van der Waals surface area contributed by atoms with E-state index in [9.17, 15) is 13.2 Å². The minimum atomic E-state index is -3.47. The smallest absolute Gasteiger partial charge is 0.243 e. The Balaban J connectivity index is 1.99. The molecular formula is C21H28N2O5S. The van der Waals surface area contributed by atoms with Gasteiger partial charge in [0.05, 0.1) is 24.8 Å². The van der Waals surface area contributed by atoms with Crippen LogP contribution in [-0.2, 0) is 21.2 Å². The summed E-state index contributed by atoms with van der Waals surface area (Å²) in [6.07, 6.45) is 0.757. The molecule has 0 saturated heterocycles. The highest BCUT2D eigenvalue weighted by atomic mass is 32.2. The van der Waals surface area contributed by atoms with Crippen LogP contribution >= 0.6 is 0 Å². The molecule has 0 aromatic heterocycles. The van der Waals surface area contributed by atoms with E-state index in [1.54, 1.807) is 49.6 Å². The first-order valence-electron chi connectivity index (χ1n) is 9.46. The molecule has 1 amide bonds. The van der Waals surface area contributed by atoms with E-state index in [2.05, 4.69) is 5.32 Å². The Morgan fingerprint density at radius 1 is 1.00 bits per heavy atom. The molecule has 0 aliphatic carbocycles. The quantitative estimate of drug-likeness (QED) is 0.637. The number of hydrogen-bond acceptors (Lipinski definition) is 5. The van der Waals surface area contributed by atoms with Gasteiger partial charge in [0.15, 0.2) is 0 Å². The molecule has 7 nitrogen and oxygen atoms in total. The van der Waals surface area contributed by atoms with E-state index >= 15 is 0 Å². The third-order valence-electron chi connectivity index (χ3n) is 4.59. The molecule has 0 aliphatic rings. The largest absolute Gasteiger partial charge is 0.497 e. The Kier molecular flexibility index (Phi) is 8.04. The number of hydrogen-bond donors (Lipinski definition) is 1. The molecule has 0 radical (unpaired) electrons. The summed E-state index contributed by atoms with van der Waals surface area (Å²) in [4.78, 5) is 12.6. The number of rotatable bonds is 10. The normalized spacial score (nSPS) is 11.3. The van der Waals surface area contributed by atoms with Gasteiger partial charge in [-0.15, -0.1) is 0 Å². The molecule has 1 N–H and O–H groups in total. The van der Waals surface area contributed by atoms with Crippen LogP contribution in [0.15, 0.2) is 47.4 Å². The van der Waals surface area contributed by atoms with E-state index in [-0.39, 0.29) is 17.2 Å². The van der Waals surface area contributed by atoms with E-state index in [4.69, 9.17) is 9.47 Å². The molecule has 0 unspecified atom stereocenters. The van der Waals surface area contributed by atoms with E-state index in [1.807, 2.05) is 13.8 Å². The van der Waals surface area contributed by atoms with Crippen molar-refractivity contribution in [1.29, 1.82) is 0 Å². The second-order valence-corrected chi connectivity index (χ2v) is 8.29. The van der Waals surface area contributed by atoms with Crippen molar-refractivity contribution in [2.75, 3.05) is 32.6 Å². The number of amides is 1. The van der Waals surface area contributed by atoms with Crippen LogP contribution in [0, 0.1) is 0 Å². The fourth-order valence-electron chi connectivity index (χ4n) is 2.91. The Labute approximate surface area is 172 Å². The zero-order valence-corrected chi connectivity index (χ0v) is 18.1. The zero-order valence-electron chi connectivity index (χ0n) is 17.3. The van der Waals surface area contributed by atoms with Crippen LogP contribution in [0.1, 0.15) is 25.8 Å². The number of aryl methyl sites for hydroxylation is 1. The molecule has 158 valence electrons.